The van der Waals surface area contributed by atoms with Crippen LogP contribution in [0.2, 0.25) is 0 Å². The van der Waals surface area contributed by atoms with Crippen LogP contribution in [0.5, 0.6) is 0 Å². The first-order valence-electron chi connectivity index (χ1n) is 6.67. The highest BCUT2D eigenvalue weighted by Crippen LogP contribution is 2.18. The molecule has 0 aliphatic rings. The molecule has 5 heteroatoms. The minimum Gasteiger partial charge on any atom is -0.249 e. The summed E-state index contributed by atoms with van der Waals surface area (Å²) in [5, 5.41) is 0. The van der Waals surface area contributed by atoms with Gasteiger partial charge in [0.2, 0.25) is 0 Å². The molecule has 0 spiro atoms. The quantitative estimate of drug-likeness (QED) is 0.868. The highest BCUT2D eigenvalue weighted by molar-refractivity contribution is 7.85. The molecule has 0 unspecified atom stereocenters. The van der Waals surface area contributed by atoms with E-state index in [-0.39, 0.29) is 0 Å². The fourth-order valence-corrected chi connectivity index (χ4v) is 2.87. The van der Waals surface area contributed by atoms with Gasteiger partial charge in [0.05, 0.1) is 10.8 Å². The maximum atomic E-state index is 12.4. The van der Waals surface area contributed by atoms with Crippen molar-refractivity contribution in [3.63, 3.8) is 0 Å². The molecule has 0 bridgehead atoms. The molecule has 2 aromatic rings. The molecule has 0 N–H and O–H groups in total. The van der Waals surface area contributed by atoms with Gasteiger partial charge in [-0.3, -0.25) is 0 Å². The molecule has 0 aliphatic carbocycles. The zero-order valence-electron chi connectivity index (χ0n) is 12.1. The van der Waals surface area contributed by atoms with Gasteiger partial charge in [-0.1, -0.05) is 38.1 Å². The molecule has 112 valence electrons. The molecule has 0 amide bonds. The lowest BCUT2D eigenvalue weighted by Gasteiger charge is -2.04. The minimum absolute atomic E-state index is 0.750. The number of aryl methyl sites for hydroxylation is 2. The summed E-state index contributed by atoms with van der Waals surface area (Å²) in [5.41, 5.74) is 2.55. The molecule has 0 saturated carbocycles. The van der Waals surface area contributed by atoms with Crippen molar-refractivity contribution in [3.8, 4) is 0 Å². The monoisotopic (exact) mass is 322 g/mol. The van der Waals surface area contributed by atoms with Crippen molar-refractivity contribution in [3.05, 3.63) is 59.7 Å². The summed E-state index contributed by atoms with van der Waals surface area (Å²) in [6.07, 6.45) is 2.02. The first-order chi connectivity index (χ1) is 10.2. The van der Waals surface area contributed by atoms with Crippen molar-refractivity contribution in [1.29, 1.82) is 0 Å². The second-order valence-corrected chi connectivity index (χ2v) is 5.95. The van der Waals surface area contributed by atoms with Gasteiger partial charge in [-0.25, -0.2) is 4.21 Å². The number of rotatable bonds is 4. The van der Waals surface area contributed by atoms with Crippen LogP contribution in [0.4, 0.5) is 0 Å². The molecule has 0 aromatic heterocycles. The van der Waals surface area contributed by atoms with E-state index in [9.17, 15) is 4.21 Å². The van der Waals surface area contributed by atoms with Crippen molar-refractivity contribution in [2.45, 2.75) is 36.5 Å². The van der Waals surface area contributed by atoms with E-state index in [0.29, 0.717) is 0 Å². The highest BCUT2D eigenvalue weighted by atomic mass is 32.2. The van der Waals surface area contributed by atoms with Crippen LogP contribution in [0.1, 0.15) is 25.0 Å². The SMILES string of the molecule is CCc1ccc(S(=O)c2ccc(CC)cc2)cc1.O=S=O. The Morgan fingerprint density at radius 2 is 1.05 bits per heavy atom. The predicted molar refractivity (Wildman–Crippen MR) is 85.2 cm³/mol. The van der Waals surface area contributed by atoms with Gasteiger partial charge in [0.25, 0.3) is 0 Å². The molecule has 0 saturated heterocycles. The van der Waals surface area contributed by atoms with Gasteiger partial charge in [0.15, 0.2) is 0 Å². The van der Waals surface area contributed by atoms with Crippen LogP contribution < -0.4 is 0 Å². The van der Waals surface area contributed by atoms with Crippen LogP contribution in [0.25, 0.3) is 0 Å². The lowest BCUT2D eigenvalue weighted by atomic mass is 10.2. The molecule has 0 radical (unpaired) electrons. The highest BCUT2D eigenvalue weighted by Gasteiger charge is 2.06. The Labute approximate surface area is 131 Å². The van der Waals surface area contributed by atoms with Crippen molar-refractivity contribution < 1.29 is 12.6 Å². The van der Waals surface area contributed by atoms with Gasteiger partial charge in [0.1, 0.15) is 0 Å². The maximum Gasteiger partial charge on any atom is 0.335 e. The van der Waals surface area contributed by atoms with Gasteiger partial charge in [-0.05, 0) is 48.2 Å². The number of hydrogen-bond donors (Lipinski definition) is 0. The Hall–Kier alpha value is -1.59. The van der Waals surface area contributed by atoms with Crippen LogP contribution >= 0.6 is 0 Å². The molecule has 2 aromatic carbocycles. The molecule has 0 heterocycles. The van der Waals surface area contributed by atoms with Gasteiger partial charge in [-0.2, -0.15) is 8.42 Å². The summed E-state index contributed by atoms with van der Waals surface area (Å²) in [5.74, 6) is 0. The third-order valence-electron chi connectivity index (χ3n) is 3.09. The summed E-state index contributed by atoms with van der Waals surface area (Å²) in [6.45, 7) is 4.24. The molecule has 21 heavy (non-hydrogen) atoms. The first kappa shape index (κ1) is 17.5. The lowest BCUT2D eigenvalue weighted by Crippen LogP contribution is -1.93. The van der Waals surface area contributed by atoms with E-state index in [1.807, 2.05) is 48.5 Å². The number of hydrogen-bond acceptors (Lipinski definition) is 3. The summed E-state index contributed by atoms with van der Waals surface area (Å²) in [4.78, 5) is 1.74. The smallest absolute Gasteiger partial charge is 0.249 e. The van der Waals surface area contributed by atoms with Crippen LogP contribution in [-0.2, 0) is 35.2 Å². The van der Waals surface area contributed by atoms with Gasteiger partial charge in [-0.15, -0.1) is 0 Å². The average Bonchev–Trinajstić information content (AvgIpc) is 2.55. The molecule has 2 rings (SSSR count). The van der Waals surface area contributed by atoms with Gasteiger partial charge >= 0.3 is 11.6 Å². The molecule has 0 fully saturated rings. The standard InChI is InChI=1S/C16H18OS.O2S/c1-3-13-5-9-15(10-6-13)18(17)16-11-7-14(4-2)8-12-16;1-3-2/h5-12H,3-4H2,1-2H3;. The molecule has 0 atom stereocenters. The van der Waals surface area contributed by atoms with Gasteiger partial charge < -0.3 is 0 Å². The van der Waals surface area contributed by atoms with Crippen LogP contribution in [-0.4, -0.2) is 12.6 Å². The van der Waals surface area contributed by atoms with E-state index < -0.39 is 22.4 Å². The lowest BCUT2D eigenvalue weighted by molar-refractivity contribution is 0.630. The summed E-state index contributed by atoms with van der Waals surface area (Å²) in [6, 6.07) is 16.0. The van der Waals surface area contributed by atoms with E-state index in [2.05, 4.69) is 13.8 Å². The summed E-state index contributed by atoms with van der Waals surface area (Å²) < 4.78 is 28.9. The molecule has 3 nitrogen and oxygen atoms in total. The third-order valence-corrected chi connectivity index (χ3v) is 4.49. The third kappa shape index (κ3) is 5.36. The maximum absolute atomic E-state index is 12.4. The van der Waals surface area contributed by atoms with Crippen molar-refractivity contribution >= 4 is 22.4 Å². The average molecular weight is 322 g/mol. The normalized spacial score (nSPS) is 9.86. The van der Waals surface area contributed by atoms with Crippen LogP contribution in [0.15, 0.2) is 58.3 Å². The molecular weight excluding hydrogens is 304 g/mol. The Balaban J connectivity index is 0.000000677. The zero-order chi connectivity index (χ0) is 15.7. The minimum atomic E-state index is -1.07. The largest absolute Gasteiger partial charge is 0.335 e. The Morgan fingerprint density at radius 1 is 0.762 bits per heavy atom. The molecule has 0 aliphatic heterocycles. The first-order valence-corrected chi connectivity index (χ1v) is 8.49. The zero-order valence-corrected chi connectivity index (χ0v) is 13.7. The van der Waals surface area contributed by atoms with E-state index in [0.717, 1.165) is 22.6 Å². The van der Waals surface area contributed by atoms with Crippen LogP contribution in [0.3, 0.4) is 0 Å². The topological polar surface area (TPSA) is 51.2 Å². The summed E-state index contributed by atoms with van der Waals surface area (Å²) >= 11 is -0.750. The summed E-state index contributed by atoms with van der Waals surface area (Å²) in [7, 11) is -1.07. The number of benzene rings is 2. The van der Waals surface area contributed by atoms with E-state index >= 15 is 0 Å². The second kappa shape index (κ2) is 9.37. The van der Waals surface area contributed by atoms with Crippen LogP contribution in [0, 0.1) is 0 Å². The molecular formula is C16H18O3S2. The Bertz CT molecular complexity index is 563. The van der Waals surface area contributed by atoms with Crippen molar-refractivity contribution in [1.82, 2.24) is 0 Å². The van der Waals surface area contributed by atoms with E-state index in [1.165, 1.54) is 11.1 Å². The predicted octanol–water partition coefficient (Wildman–Crippen LogP) is 3.31. The van der Waals surface area contributed by atoms with Crippen molar-refractivity contribution in [2.24, 2.45) is 0 Å². The fraction of sp³-hybridized carbons (Fsp3) is 0.250. The Kier molecular flexibility index (Phi) is 7.79. The second-order valence-electron chi connectivity index (χ2n) is 4.33. The van der Waals surface area contributed by atoms with E-state index in [1.54, 1.807) is 0 Å². The van der Waals surface area contributed by atoms with Crippen molar-refractivity contribution in [2.75, 3.05) is 0 Å². The van der Waals surface area contributed by atoms with Gasteiger partial charge in [0, 0.05) is 9.79 Å². The Morgan fingerprint density at radius 3 is 1.29 bits per heavy atom. The fourth-order valence-electron chi connectivity index (χ4n) is 1.83. The van der Waals surface area contributed by atoms with E-state index in [4.69, 9.17) is 8.42 Å².